The third kappa shape index (κ3) is 5.12. The molecule has 1 aromatic heterocycles. The Morgan fingerprint density at radius 1 is 1.07 bits per heavy atom. The SMILES string of the molecule is COc1ccc(-c2ccc(C#N)c(SCC(=O)OCc3ccccc3)n2)cc1. The lowest BCUT2D eigenvalue weighted by atomic mass is 10.1. The number of nitrogens with zero attached hydrogens (tertiary/aromatic N) is 2. The predicted molar refractivity (Wildman–Crippen MR) is 108 cm³/mol. The fourth-order valence-electron chi connectivity index (χ4n) is 2.47. The van der Waals surface area contributed by atoms with E-state index in [4.69, 9.17) is 9.47 Å². The van der Waals surface area contributed by atoms with Crippen molar-refractivity contribution in [3.8, 4) is 23.1 Å². The van der Waals surface area contributed by atoms with Crippen molar-refractivity contribution in [2.45, 2.75) is 11.6 Å². The summed E-state index contributed by atoms with van der Waals surface area (Å²) in [4.78, 5) is 16.6. The second-order valence-electron chi connectivity index (χ2n) is 5.82. The zero-order chi connectivity index (χ0) is 19.8. The molecule has 0 fully saturated rings. The molecule has 3 aromatic rings. The minimum absolute atomic E-state index is 0.0839. The summed E-state index contributed by atoms with van der Waals surface area (Å²) in [6.07, 6.45) is 0. The number of methoxy groups -OCH3 is 1. The van der Waals surface area contributed by atoms with E-state index in [1.807, 2.05) is 54.6 Å². The van der Waals surface area contributed by atoms with Gasteiger partial charge in [0.05, 0.1) is 24.1 Å². The summed E-state index contributed by atoms with van der Waals surface area (Å²) in [5.41, 5.74) is 2.98. The zero-order valence-electron chi connectivity index (χ0n) is 15.3. The van der Waals surface area contributed by atoms with Crippen LogP contribution in [0.3, 0.4) is 0 Å². The molecule has 2 aromatic carbocycles. The van der Waals surface area contributed by atoms with Gasteiger partial charge in [-0.15, -0.1) is 0 Å². The van der Waals surface area contributed by atoms with Crippen molar-refractivity contribution in [1.29, 1.82) is 5.26 Å². The Morgan fingerprint density at radius 3 is 2.50 bits per heavy atom. The Kier molecular flexibility index (Phi) is 6.66. The molecule has 0 spiro atoms. The number of ether oxygens (including phenoxy) is 2. The van der Waals surface area contributed by atoms with Crippen LogP contribution >= 0.6 is 11.8 Å². The van der Waals surface area contributed by atoms with Gasteiger partial charge < -0.3 is 9.47 Å². The van der Waals surface area contributed by atoms with E-state index < -0.39 is 0 Å². The Morgan fingerprint density at radius 2 is 1.82 bits per heavy atom. The molecule has 1 heterocycles. The molecule has 28 heavy (non-hydrogen) atoms. The molecule has 5 nitrogen and oxygen atoms in total. The van der Waals surface area contributed by atoms with Crippen LogP contribution in [0.4, 0.5) is 0 Å². The molecule has 0 bridgehead atoms. The van der Waals surface area contributed by atoms with Crippen molar-refractivity contribution >= 4 is 17.7 Å². The van der Waals surface area contributed by atoms with Crippen LogP contribution in [0.1, 0.15) is 11.1 Å². The van der Waals surface area contributed by atoms with Gasteiger partial charge in [-0.3, -0.25) is 4.79 Å². The normalized spacial score (nSPS) is 10.1. The van der Waals surface area contributed by atoms with Crippen LogP contribution in [0.15, 0.2) is 71.8 Å². The number of carbonyl (C=O) groups excluding carboxylic acids is 1. The fraction of sp³-hybridized carbons (Fsp3) is 0.136. The van der Waals surface area contributed by atoms with Crippen LogP contribution in [-0.2, 0) is 16.1 Å². The summed E-state index contributed by atoms with van der Waals surface area (Å²) in [7, 11) is 1.61. The second-order valence-corrected chi connectivity index (χ2v) is 6.79. The van der Waals surface area contributed by atoms with Gasteiger partial charge in [0.1, 0.15) is 23.5 Å². The maximum Gasteiger partial charge on any atom is 0.316 e. The number of rotatable bonds is 7. The average Bonchev–Trinajstić information content (AvgIpc) is 2.76. The quantitative estimate of drug-likeness (QED) is 0.438. The minimum Gasteiger partial charge on any atom is -0.497 e. The zero-order valence-corrected chi connectivity index (χ0v) is 16.1. The topological polar surface area (TPSA) is 72.2 Å². The molecule has 0 amide bonds. The summed E-state index contributed by atoms with van der Waals surface area (Å²) >= 11 is 1.20. The van der Waals surface area contributed by atoms with Gasteiger partial charge in [-0.2, -0.15) is 5.26 Å². The van der Waals surface area contributed by atoms with E-state index in [0.29, 0.717) is 10.6 Å². The maximum absolute atomic E-state index is 12.0. The highest BCUT2D eigenvalue weighted by atomic mass is 32.2. The lowest BCUT2D eigenvalue weighted by molar-refractivity contribution is -0.141. The van der Waals surface area contributed by atoms with E-state index >= 15 is 0 Å². The first-order chi connectivity index (χ1) is 13.7. The second kappa shape index (κ2) is 9.58. The van der Waals surface area contributed by atoms with E-state index in [9.17, 15) is 10.1 Å². The van der Waals surface area contributed by atoms with Crippen LogP contribution in [0, 0.1) is 11.3 Å². The van der Waals surface area contributed by atoms with E-state index in [0.717, 1.165) is 22.6 Å². The summed E-state index contributed by atoms with van der Waals surface area (Å²) in [6.45, 7) is 0.227. The number of aromatic nitrogens is 1. The molecule has 0 atom stereocenters. The van der Waals surface area contributed by atoms with Crippen LogP contribution in [0.2, 0.25) is 0 Å². The van der Waals surface area contributed by atoms with Gasteiger partial charge in [0.2, 0.25) is 0 Å². The molecule has 0 aliphatic heterocycles. The molecule has 0 radical (unpaired) electrons. The molecule has 0 aliphatic carbocycles. The van der Waals surface area contributed by atoms with E-state index in [1.54, 1.807) is 19.2 Å². The summed E-state index contributed by atoms with van der Waals surface area (Å²) in [6, 6.07) is 22.6. The van der Waals surface area contributed by atoms with Crippen molar-refractivity contribution in [3.05, 3.63) is 77.9 Å². The largest absolute Gasteiger partial charge is 0.497 e. The number of nitriles is 1. The summed E-state index contributed by atoms with van der Waals surface area (Å²) < 4.78 is 10.4. The third-order valence-corrected chi connectivity index (χ3v) is 4.90. The third-order valence-electron chi connectivity index (χ3n) is 3.94. The van der Waals surface area contributed by atoms with Gasteiger partial charge in [0.15, 0.2) is 0 Å². The summed E-state index contributed by atoms with van der Waals surface area (Å²) in [5.74, 6) is 0.489. The van der Waals surface area contributed by atoms with Crippen molar-refractivity contribution in [3.63, 3.8) is 0 Å². The number of pyridine rings is 1. The van der Waals surface area contributed by atoms with Crippen LogP contribution in [0.5, 0.6) is 5.75 Å². The molecule has 0 N–H and O–H groups in total. The van der Waals surface area contributed by atoms with Gasteiger partial charge in [0, 0.05) is 5.56 Å². The maximum atomic E-state index is 12.0. The van der Waals surface area contributed by atoms with Crippen molar-refractivity contribution in [2.75, 3.05) is 12.9 Å². The molecular formula is C22H18N2O3S. The van der Waals surface area contributed by atoms with E-state index in [2.05, 4.69) is 11.1 Å². The lowest BCUT2D eigenvalue weighted by Crippen LogP contribution is -2.07. The lowest BCUT2D eigenvalue weighted by Gasteiger charge is -2.08. The number of esters is 1. The first-order valence-corrected chi connectivity index (χ1v) is 9.56. The van der Waals surface area contributed by atoms with Crippen LogP contribution in [0.25, 0.3) is 11.3 Å². The van der Waals surface area contributed by atoms with Crippen molar-refractivity contribution in [1.82, 2.24) is 4.98 Å². The first-order valence-electron chi connectivity index (χ1n) is 8.57. The number of hydrogen-bond donors (Lipinski definition) is 0. The molecule has 140 valence electrons. The van der Waals surface area contributed by atoms with Gasteiger partial charge in [-0.1, -0.05) is 42.1 Å². The summed E-state index contributed by atoms with van der Waals surface area (Å²) in [5, 5.41) is 9.84. The van der Waals surface area contributed by atoms with Gasteiger partial charge in [-0.05, 0) is 42.0 Å². The molecule has 0 saturated heterocycles. The Bertz CT molecular complexity index is 983. The molecule has 0 aliphatic rings. The molecule has 6 heteroatoms. The number of benzene rings is 2. The number of hydrogen-bond acceptors (Lipinski definition) is 6. The van der Waals surface area contributed by atoms with Crippen molar-refractivity contribution in [2.24, 2.45) is 0 Å². The highest BCUT2D eigenvalue weighted by Gasteiger charge is 2.12. The first kappa shape index (κ1) is 19.5. The molecule has 0 saturated carbocycles. The van der Waals surface area contributed by atoms with Gasteiger partial charge >= 0.3 is 5.97 Å². The van der Waals surface area contributed by atoms with Gasteiger partial charge in [-0.25, -0.2) is 4.98 Å². The average molecular weight is 390 g/mol. The van der Waals surface area contributed by atoms with E-state index in [1.165, 1.54) is 11.8 Å². The number of thioether (sulfide) groups is 1. The Hall–Kier alpha value is -3.30. The minimum atomic E-state index is -0.352. The van der Waals surface area contributed by atoms with Crippen molar-refractivity contribution < 1.29 is 14.3 Å². The highest BCUT2D eigenvalue weighted by molar-refractivity contribution is 7.99. The monoisotopic (exact) mass is 390 g/mol. The molecule has 3 rings (SSSR count). The van der Waals surface area contributed by atoms with E-state index in [-0.39, 0.29) is 18.3 Å². The smallest absolute Gasteiger partial charge is 0.316 e. The molecule has 0 unspecified atom stereocenters. The predicted octanol–water partition coefficient (Wildman–Crippen LogP) is 4.46. The standard InChI is InChI=1S/C22H18N2O3S/c1-26-19-10-7-17(8-11-19)20-12-9-18(13-23)22(24-20)28-15-21(25)27-14-16-5-3-2-4-6-16/h2-12H,14-15H2,1H3. The van der Waals surface area contributed by atoms with Crippen LogP contribution in [-0.4, -0.2) is 23.8 Å². The molecular weight excluding hydrogens is 372 g/mol. The van der Waals surface area contributed by atoms with Gasteiger partial charge in [0.25, 0.3) is 0 Å². The fourth-order valence-corrected chi connectivity index (χ4v) is 3.24. The number of carbonyl (C=O) groups is 1. The highest BCUT2D eigenvalue weighted by Crippen LogP contribution is 2.26. The Balaban J connectivity index is 1.66. The van der Waals surface area contributed by atoms with Crippen LogP contribution < -0.4 is 4.74 Å². The Labute approximate surface area is 167 Å².